The summed E-state index contributed by atoms with van der Waals surface area (Å²) in [5.74, 6) is 4.77. The number of aryl methyl sites for hydroxylation is 1. The number of urea groups is 1. The number of guanidine groups is 1. The predicted molar refractivity (Wildman–Crippen MR) is 170 cm³/mol. The molecule has 6 N–H and O–H groups in total. The number of aromatic nitrogens is 1. The number of hydrazone groups is 1. The second kappa shape index (κ2) is 13.6. The number of anilines is 1. The Kier molecular flexibility index (Phi) is 9.65. The first-order valence-electron chi connectivity index (χ1n) is 14.7. The van der Waals surface area contributed by atoms with Crippen molar-refractivity contribution in [1.29, 1.82) is 0 Å². The Hall–Kier alpha value is -4.85. The number of alkyl halides is 3. The van der Waals surface area contributed by atoms with Gasteiger partial charge in [-0.3, -0.25) is 20.3 Å². The molecule has 2 aromatic carbocycles. The van der Waals surface area contributed by atoms with Gasteiger partial charge in [0, 0.05) is 22.3 Å². The summed E-state index contributed by atoms with van der Waals surface area (Å²) >= 11 is 1.11. The Labute approximate surface area is 267 Å². The molecule has 1 heterocycles. The van der Waals surface area contributed by atoms with E-state index in [1.807, 2.05) is 6.08 Å². The van der Waals surface area contributed by atoms with Crippen LogP contribution in [0.1, 0.15) is 59.7 Å². The van der Waals surface area contributed by atoms with Gasteiger partial charge in [0.2, 0.25) is 0 Å². The number of halogens is 3. The summed E-state index contributed by atoms with van der Waals surface area (Å²) in [5.41, 5.74) is 8.02. The number of benzene rings is 2. The number of amides is 3. The number of hydrogen-bond donors (Lipinski definition) is 4. The SMILES string of the molecule is Cc1cc(C(F)(F)F)cc2nc(NC(=O)N(Cc3ccc(C(=O)N/C(N=[NH2+])=N/N)cc3)C3=CC(C)C(C4=CCCCC4)C=C3)sc12. The van der Waals surface area contributed by atoms with Crippen LogP contribution < -0.4 is 22.0 Å². The first-order chi connectivity index (χ1) is 22.0. The van der Waals surface area contributed by atoms with Crippen molar-refractivity contribution >= 4 is 44.6 Å². The summed E-state index contributed by atoms with van der Waals surface area (Å²) < 4.78 is 40.8. The molecule has 0 spiro atoms. The lowest BCUT2D eigenvalue weighted by Crippen LogP contribution is -2.37. The number of rotatable bonds is 6. The van der Waals surface area contributed by atoms with Gasteiger partial charge in [0.25, 0.3) is 5.91 Å². The molecule has 0 saturated carbocycles. The zero-order valence-electron chi connectivity index (χ0n) is 25.3. The third-order valence-corrected chi connectivity index (χ3v) is 9.15. The molecule has 2 aliphatic rings. The van der Waals surface area contributed by atoms with Gasteiger partial charge in [-0.1, -0.05) is 54.2 Å². The fourth-order valence-electron chi connectivity index (χ4n) is 5.69. The van der Waals surface area contributed by atoms with Crippen LogP contribution in [-0.2, 0) is 12.7 Å². The number of nitrogens with one attached hydrogen (secondary N) is 2. The smallest absolute Gasteiger partial charge is 0.320 e. The number of carbonyl (C=O) groups is 2. The van der Waals surface area contributed by atoms with Crippen molar-refractivity contribution in [1.82, 2.24) is 15.2 Å². The zero-order chi connectivity index (χ0) is 33.0. The summed E-state index contributed by atoms with van der Waals surface area (Å²) in [6.45, 7) is 3.84. The van der Waals surface area contributed by atoms with Gasteiger partial charge < -0.3 is 5.84 Å². The van der Waals surface area contributed by atoms with E-state index in [9.17, 15) is 22.8 Å². The monoisotopic (exact) mass is 651 g/mol. The van der Waals surface area contributed by atoms with Gasteiger partial charge in [0.1, 0.15) is 0 Å². The maximum Gasteiger partial charge on any atom is 0.416 e. The van der Waals surface area contributed by atoms with Gasteiger partial charge in [0.05, 0.1) is 22.3 Å². The lowest BCUT2D eigenvalue weighted by atomic mass is 9.79. The van der Waals surface area contributed by atoms with Crippen molar-refractivity contribution in [3.05, 3.63) is 94.2 Å². The molecule has 0 bridgehead atoms. The van der Waals surface area contributed by atoms with Crippen LogP contribution in [0.3, 0.4) is 0 Å². The Bertz CT molecular complexity index is 1780. The summed E-state index contributed by atoms with van der Waals surface area (Å²) in [5, 5.41) is 11.9. The molecule has 1 aromatic heterocycles. The first kappa shape index (κ1) is 32.5. The van der Waals surface area contributed by atoms with Crippen LogP contribution in [0.15, 0.2) is 82.2 Å². The van der Waals surface area contributed by atoms with E-state index < -0.39 is 23.7 Å². The van der Waals surface area contributed by atoms with Gasteiger partial charge >= 0.3 is 18.2 Å². The number of allylic oxidation sites excluding steroid dienone is 5. The second-order valence-electron chi connectivity index (χ2n) is 11.3. The van der Waals surface area contributed by atoms with Crippen molar-refractivity contribution in [2.24, 2.45) is 27.9 Å². The molecular formula is C32H34F3N8O2S+. The average Bonchev–Trinajstić information content (AvgIpc) is 3.45. The van der Waals surface area contributed by atoms with Crippen molar-refractivity contribution in [3.8, 4) is 0 Å². The molecule has 2 unspecified atom stereocenters. The summed E-state index contributed by atoms with van der Waals surface area (Å²) in [7, 11) is 0. The van der Waals surface area contributed by atoms with E-state index in [1.54, 1.807) is 36.1 Å². The van der Waals surface area contributed by atoms with Gasteiger partial charge in [-0.05, 0) is 80.0 Å². The van der Waals surface area contributed by atoms with Crippen molar-refractivity contribution < 1.29 is 28.3 Å². The lowest BCUT2D eigenvalue weighted by Gasteiger charge is -2.31. The highest BCUT2D eigenvalue weighted by Crippen LogP contribution is 2.38. The Balaban J connectivity index is 1.41. The summed E-state index contributed by atoms with van der Waals surface area (Å²) in [6, 6.07) is 8.15. The van der Waals surface area contributed by atoms with Crippen LogP contribution in [0, 0.1) is 18.8 Å². The topological polar surface area (TPSA) is 151 Å². The third-order valence-electron chi connectivity index (χ3n) is 8.03. The Morgan fingerprint density at radius 3 is 2.59 bits per heavy atom. The fourth-order valence-corrected chi connectivity index (χ4v) is 6.59. The average molecular weight is 652 g/mol. The highest BCUT2D eigenvalue weighted by Gasteiger charge is 2.32. The van der Waals surface area contributed by atoms with E-state index in [1.165, 1.54) is 12.0 Å². The van der Waals surface area contributed by atoms with E-state index in [0.29, 0.717) is 21.5 Å². The molecule has 0 aliphatic heterocycles. The van der Waals surface area contributed by atoms with E-state index in [-0.39, 0.29) is 35.0 Å². The quantitative estimate of drug-likeness (QED) is 0.0642. The Morgan fingerprint density at radius 1 is 1.20 bits per heavy atom. The van der Waals surface area contributed by atoms with Crippen LogP contribution >= 0.6 is 11.3 Å². The molecule has 0 fully saturated rings. The van der Waals surface area contributed by atoms with Crippen LogP contribution in [0.5, 0.6) is 0 Å². The number of nitrogens with two attached hydrogens (primary N) is 2. The maximum absolute atomic E-state index is 13.9. The van der Waals surface area contributed by atoms with Gasteiger partial charge in [-0.25, -0.2) is 9.78 Å². The normalized spacial score (nSPS) is 18.5. The second-order valence-corrected chi connectivity index (χ2v) is 12.3. The molecule has 0 saturated heterocycles. The molecule has 2 atom stereocenters. The molecule has 0 radical (unpaired) electrons. The van der Waals surface area contributed by atoms with Crippen LogP contribution in [0.2, 0.25) is 0 Å². The van der Waals surface area contributed by atoms with E-state index >= 15 is 0 Å². The molecule has 2 aliphatic carbocycles. The van der Waals surface area contributed by atoms with Crippen molar-refractivity contribution in [3.63, 3.8) is 0 Å². The standard InChI is InChI=1S/C32H33F3N8O2S/c1-18-15-24(12-13-25(18)21-6-4-3-5-7-21)43(17-20-8-10-22(11-9-20)28(44)39-29(41-36)42-37)31(45)40-30-38-26-16-23(32(33,34)35)14-19(2)27(26)46-30/h6,8-16,18,25,36H,3-5,7,17,37H2,1-2H3,(H,38,40,45)(H,39,42,44)/p+1. The van der Waals surface area contributed by atoms with Crippen LogP contribution in [-0.4, -0.2) is 27.8 Å². The minimum Gasteiger partial charge on any atom is -0.320 e. The largest absolute Gasteiger partial charge is 0.416 e. The molecule has 5 rings (SSSR count). The number of carbonyl (C=O) groups excluding carboxylic acids is 2. The lowest BCUT2D eigenvalue weighted by molar-refractivity contribution is -0.207. The Morgan fingerprint density at radius 2 is 1.96 bits per heavy atom. The van der Waals surface area contributed by atoms with Crippen molar-refractivity contribution in [2.75, 3.05) is 5.32 Å². The van der Waals surface area contributed by atoms with Crippen LogP contribution in [0.25, 0.3) is 10.2 Å². The molecule has 3 aromatic rings. The molecule has 3 amide bonds. The van der Waals surface area contributed by atoms with Crippen molar-refractivity contribution in [2.45, 2.75) is 52.3 Å². The number of thiazole rings is 1. The third kappa shape index (κ3) is 7.33. The first-order valence-corrected chi connectivity index (χ1v) is 15.5. The number of fused-ring (bicyclic) bond motifs is 1. The minimum absolute atomic E-state index is 0.128. The predicted octanol–water partition coefficient (Wildman–Crippen LogP) is 6.03. The number of nitrogens with zero attached hydrogens (tertiary/aromatic N) is 4. The van der Waals surface area contributed by atoms with E-state index in [0.717, 1.165) is 48.3 Å². The van der Waals surface area contributed by atoms with Gasteiger partial charge in [-0.15, -0.1) is 10.6 Å². The highest BCUT2D eigenvalue weighted by molar-refractivity contribution is 7.22. The summed E-state index contributed by atoms with van der Waals surface area (Å²) in [4.78, 5) is 32.2. The molecule has 10 nitrogen and oxygen atoms in total. The fraction of sp³-hybridized carbons (Fsp3) is 0.312. The summed E-state index contributed by atoms with van der Waals surface area (Å²) in [6.07, 6.45) is 8.40. The molecule has 14 heteroatoms. The maximum atomic E-state index is 13.9. The van der Waals surface area contributed by atoms with E-state index in [2.05, 4.69) is 51.0 Å². The highest BCUT2D eigenvalue weighted by atomic mass is 32.1. The molecule has 240 valence electrons. The van der Waals surface area contributed by atoms with Crippen LogP contribution in [0.4, 0.5) is 23.1 Å². The minimum atomic E-state index is -4.51. The van der Waals surface area contributed by atoms with Gasteiger partial charge in [0.15, 0.2) is 5.13 Å². The van der Waals surface area contributed by atoms with E-state index in [4.69, 9.17) is 11.4 Å². The number of hydrogen-bond acceptors (Lipinski definition) is 6. The molecule has 46 heavy (non-hydrogen) atoms. The zero-order valence-corrected chi connectivity index (χ0v) is 26.1. The van der Waals surface area contributed by atoms with Gasteiger partial charge in [-0.2, -0.15) is 13.2 Å². The molecular weight excluding hydrogens is 617 g/mol.